The summed E-state index contributed by atoms with van der Waals surface area (Å²) in [6.07, 6.45) is -0.495. The summed E-state index contributed by atoms with van der Waals surface area (Å²) in [7, 11) is 0. The molecule has 2 rings (SSSR count). The molecule has 12 heteroatoms. The molecule has 0 unspecified atom stereocenters. The van der Waals surface area contributed by atoms with Crippen molar-refractivity contribution in [3.05, 3.63) is 34.4 Å². The molecule has 0 spiro atoms. The minimum absolute atomic E-state index is 0.135. The largest absolute Gasteiger partial charge is 0.346 e. The monoisotopic (exact) mass is 419 g/mol. The normalized spacial score (nSPS) is 19.8. The highest BCUT2D eigenvalue weighted by atomic mass is 16.6. The molecule has 1 aromatic rings. The molecule has 2 atom stereocenters. The Labute approximate surface area is 170 Å². The third-order valence-corrected chi connectivity index (χ3v) is 4.66. The van der Waals surface area contributed by atoms with Gasteiger partial charge >= 0.3 is 0 Å². The number of Topliss-reactive ketones (excluding diaryl/α,β-unsaturated/α-hetero) is 1. The van der Waals surface area contributed by atoms with E-state index in [4.69, 9.17) is 5.73 Å². The zero-order valence-corrected chi connectivity index (χ0v) is 16.3. The molecular formula is C18H21N5O7. The van der Waals surface area contributed by atoms with Gasteiger partial charge in [-0.1, -0.05) is 0 Å². The first-order valence-electron chi connectivity index (χ1n) is 8.97. The molecule has 30 heavy (non-hydrogen) atoms. The Bertz CT molecular complexity index is 912. The van der Waals surface area contributed by atoms with E-state index in [0.29, 0.717) is 4.90 Å². The predicted octanol–water partition coefficient (Wildman–Crippen LogP) is -0.526. The number of hydrogen-bond acceptors (Lipinski definition) is 8. The number of rotatable bonds is 6. The van der Waals surface area contributed by atoms with E-state index >= 15 is 0 Å². The highest BCUT2D eigenvalue weighted by molar-refractivity contribution is 6.22. The number of imide groups is 1. The molecule has 1 aromatic carbocycles. The molecule has 0 radical (unpaired) electrons. The Morgan fingerprint density at radius 1 is 1.23 bits per heavy atom. The average Bonchev–Trinajstić information content (AvgIpc) is 2.69. The lowest BCUT2D eigenvalue weighted by molar-refractivity contribution is -0.384. The van der Waals surface area contributed by atoms with Crippen molar-refractivity contribution in [1.29, 1.82) is 0 Å². The van der Waals surface area contributed by atoms with E-state index in [-0.39, 0.29) is 24.2 Å². The van der Waals surface area contributed by atoms with Crippen LogP contribution >= 0.6 is 0 Å². The van der Waals surface area contributed by atoms with E-state index in [1.54, 1.807) is 0 Å². The number of amides is 4. The van der Waals surface area contributed by atoms with Gasteiger partial charge in [0.2, 0.25) is 17.7 Å². The maximum Gasteiger partial charge on any atom is 0.269 e. The molecule has 0 bridgehead atoms. The summed E-state index contributed by atoms with van der Waals surface area (Å²) >= 11 is 0. The number of benzene rings is 1. The molecule has 160 valence electrons. The van der Waals surface area contributed by atoms with Crippen LogP contribution in [0.15, 0.2) is 24.3 Å². The fourth-order valence-electron chi connectivity index (χ4n) is 2.89. The smallest absolute Gasteiger partial charge is 0.269 e. The first kappa shape index (κ1) is 22.6. The second-order valence-electron chi connectivity index (χ2n) is 6.88. The van der Waals surface area contributed by atoms with Crippen molar-refractivity contribution in [2.75, 3.05) is 11.9 Å². The van der Waals surface area contributed by atoms with Gasteiger partial charge in [-0.05, 0) is 26.0 Å². The van der Waals surface area contributed by atoms with Crippen molar-refractivity contribution in [3.8, 4) is 0 Å². The van der Waals surface area contributed by atoms with Crippen LogP contribution in [0.2, 0.25) is 0 Å². The molecule has 1 aliphatic heterocycles. The van der Waals surface area contributed by atoms with Crippen LogP contribution in [0.1, 0.15) is 26.7 Å². The summed E-state index contributed by atoms with van der Waals surface area (Å²) < 4.78 is 0. The van der Waals surface area contributed by atoms with E-state index in [1.807, 2.05) is 0 Å². The van der Waals surface area contributed by atoms with Crippen LogP contribution in [0.3, 0.4) is 0 Å². The van der Waals surface area contributed by atoms with Crippen LogP contribution < -0.4 is 16.4 Å². The summed E-state index contributed by atoms with van der Waals surface area (Å²) in [4.78, 5) is 72.8. The third kappa shape index (κ3) is 4.49. The Morgan fingerprint density at radius 2 is 1.83 bits per heavy atom. The van der Waals surface area contributed by atoms with E-state index in [9.17, 15) is 34.1 Å². The van der Waals surface area contributed by atoms with Gasteiger partial charge in [0.05, 0.1) is 17.5 Å². The molecule has 1 fully saturated rings. The average molecular weight is 419 g/mol. The Kier molecular flexibility index (Phi) is 6.62. The number of nitrogens with zero attached hydrogens (tertiary/aromatic N) is 2. The van der Waals surface area contributed by atoms with E-state index < -0.39 is 52.5 Å². The molecule has 1 aliphatic rings. The molecule has 0 aliphatic carbocycles. The summed E-state index contributed by atoms with van der Waals surface area (Å²) in [6.45, 7) is 1.91. The highest BCUT2D eigenvalue weighted by Gasteiger charge is 2.53. The lowest BCUT2D eigenvalue weighted by Crippen LogP contribution is -2.67. The third-order valence-electron chi connectivity index (χ3n) is 4.66. The fourth-order valence-corrected chi connectivity index (χ4v) is 2.89. The summed E-state index contributed by atoms with van der Waals surface area (Å²) in [5.41, 5.74) is 3.19. The van der Waals surface area contributed by atoms with Gasteiger partial charge in [-0.15, -0.1) is 0 Å². The van der Waals surface area contributed by atoms with Gasteiger partial charge in [0, 0.05) is 30.7 Å². The number of non-ortho nitro benzene ring substituents is 1. The maximum atomic E-state index is 12.9. The number of anilines is 1. The van der Waals surface area contributed by atoms with Crippen LogP contribution in [0, 0.1) is 10.1 Å². The van der Waals surface area contributed by atoms with Crippen LogP contribution in [-0.4, -0.2) is 57.4 Å². The maximum absolute atomic E-state index is 12.9. The summed E-state index contributed by atoms with van der Waals surface area (Å²) in [5.74, 6) is -3.94. The number of piperidine rings is 1. The Hall–Kier alpha value is -3.67. The summed E-state index contributed by atoms with van der Waals surface area (Å²) in [6, 6.07) is 3.91. The predicted molar refractivity (Wildman–Crippen MR) is 103 cm³/mol. The van der Waals surface area contributed by atoms with E-state index in [2.05, 4.69) is 10.6 Å². The van der Waals surface area contributed by atoms with Crippen LogP contribution in [0.5, 0.6) is 0 Å². The molecule has 1 saturated heterocycles. The lowest BCUT2D eigenvalue weighted by atomic mass is 9.85. The number of ketones is 1. The molecular weight excluding hydrogens is 398 g/mol. The van der Waals surface area contributed by atoms with Crippen LogP contribution in [0.25, 0.3) is 0 Å². The van der Waals surface area contributed by atoms with Crippen molar-refractivity contribution in [2.24, 2.45) is 5.73 Å². The molecule has 1 heterocycles. The second kappa shape index (κ2) is 8.78. The van der Waals surface area contributed by atoms with Crippen molar-refractivity contribution >= 4 is 40.8 Å². The molecule has 0 saturated carbocycles. The van der Waals surface area contributed by atoms with Gasteiger partial charge < -0.3 is 16.4 Å². The van der Waals surface area contributed by atoms with Crippen LogP contribution in [0.4, 0.5) is 11.4 Å². The first-order valence-corrected chi connectivity index (χ1v) is 8.97. The van der Waals surface area contributed by atoms with Crippen molar-refractivity contribution in [1.82, 2.24) is 10.2 Å². The number of carbonyl (C=O) groups is 5. The Morgan fingerprint density at radius 3 is 2.37 bits per heavy atom. The van der Waals surface area contributed by atoms with Gasteiger partial charge in [-0.2, -0.15) is 0 Å². The van der Waals surface area contributed by atoms with Gasteiger partial charge in [0.15, 0.2) is 11.3 Å². The van der Waals surface area contributed by atoms with Crippen molar-refractivity contribution in [3.63, 3.8) is 0 Å². The SMILES string of the molecule is C[C@H](N)C(=O)NCC(=O)N1C(=O)CCC(=O)[C@]1(C)C(=O)Nc1ccc([N+](=O)[O-])cc1. The lowest BCUT2D eigenvalue weighted by Gasteiger charge is -2.40. The zero-order valence-electron chi connectivity index (χ0n) is 16.3. The number of carbonyl (C=O) groups excluding carboxylic acids is 5. The summed E-state index contributed by atoms with van der Waals surface area (Å²) in [5, 5.41) is 15.4. The number of nitrogens with two attached hydrogens (primary N) is 1. The van der Waals surface area contributed by atoms with E-state index in [0.717, 1.165) is 19.1 Å². The molecule has 4 amide bonds. The van der Waals surface area contributed by atoms with Crippen molar-refractivity contribution in [2.45, 2.75) is 38.3 Å². The topological polar surface area (TPSA) is 182 Å². The number of hydrogen-bond donors (Lipinski definition) is 3. The molecule has 4 N–H and O–H groups in total. The zero-order chi connectivity index (χ0) is 22.6. The number of likely N-dealkylation sites (tertiary alicyclic amines) is 1. The van der Waals surface area contributed by atoms with Gasteiger partial charge in [-0.25, -0.2) is 0 Å². The van der Waals surface area contributed by atoms with Gasteiger partial charge in [-0.3, -0.25) is 39.0 Å². The molecule has 0 aromatic heterocycles. The molecule has 12 nitrogen and oxygen atoms in total. The number of nitro benzene ring substituents is 1. The van der Waals surface area contributed by atoms with E-state index in [1.165, 1.54) is 19.1 Å². The quantitative estimate of drug-likeness (QED) is 0.312. The van der Waals surface area contributed by atoms with Crippen LogP contribution in [-0.2, 0) is 24.0 Å². The van der Waals surface area contributed by atoms with Gasteiger partial charge in [0.1, 0.15) is 0 Å². The number of nitrogens with one attached hydrogen (secondary N) is 2. The second-order valence-corrected chi connectivity index (χ2v) is 6.88. The van der Waals surface area contributed by atoms with Gasteiger partial charge in [0.25, 0.3) is 11.6 Å². The standard InChI is InChI=1S/C18H21N5O7/c1-10(19)16(27)20-9-15(26)22-14(25)8-7-13(24)18(22,2)17(28)21-11-3-5-12(6-4-11)23(29)30/h3-6,10H,7-9,19H2,1-2H3,(H,20,27)(H,21,28)/t10-,18+/m0/s1. The number of nitro groups is 1. The first-order chi connectivity index (χ1) is 14.0. The minimum Gasteiger partial charge on any atom is -0.346 e. The highest BCUT2D eigenvalue weighted by Crippen LogP contribution is 2.28. The van der Waals surface area contributed by atoms with Crippen molar-refractivity contribution < 1.29 is 28.9 Å². The fraction of sp³-hybridized carbons (Fsp3) is 0.389. The minimum atomic E-state index is -2.15. The Balaban J connectivity index is 2.27.